The second-order valence-electron chi connectivity index (χ2n) is 6.82. The minimum absolute atomic E-state index is 0.0496. The van der Waals surface area contributed by atoms with E-state index in [-0.39, 0.29) is 27.5 Å². The van der Waals surface area contributed by atoms with Crippen molar-refractivity contribution in [2.45, 2.75) is 38.1 Å². The van der Waals surface area contributed by atoms with Gasteiger partial charge < -0.3 is 9.72 Å². The van der Waals surface area contributed by atoms with Gasteiger partial charge in [-0.2, -0.15) is 0 Å². The van der Waals surface area contributed by atoms with Crippen LogP contribution in [-0.2, 0) is 4.74 Å². The number of nitrogens with one attached hydrogen (secondary N) is 1. The van der Waals surface area contributed by atoms with Gasteiger partial charge in [-0.25, -0.2) is 14.8 Å². The molecule has 1 N–H and O–H groups in total. The zero-order valence-electron chi connectivity index (χ0n) is 16.8. The average molecular weight is 411 g/mol. The quantitative estimate of drug-likeness (QED) is 0.297. The predicted molar refractivity (Wildman–Crippen MR) is 112 cm³/mol. The smallest absolute Gasteiger partial charge is 0.338 e. The van der Waals surface area contributed by atoms with E-state index in [4.69, 9.17) is 4.74 Å². The number of nitrogens with zero attached hydrogens (tertiary/aromatic N) is 2. The van der Waals surface area contributed by atoms with E-state index >= 15 is 0 Å². The molecule has 0 bridgehead atoms. The lowest BCUT2D eigenvalue weighted by Gasteiger charge is -2.13. The number of benzene rings is 1. The highest BCUT2D eigenvalue weighted by Crippen LogP contribution is 2.25. The summed E-state index contributed by atoms with van der Waals surface area (Å²) in [4.78, 5) is 48.8. The van der Waals surface area contributed by atoms with Crippen molar-refractivity contribution in [3.8, 4) is 0 Å². The molecule has 2 aromatic heterocycles. The number of methoxy groups -OCH3 is 1. The molecule has 1 unspecified atom stereocenters. The summed E-state index contributed by atoms with van der Waals surface area (Å²) in [6.45, 7) is 7.29. The van der Waals surface area contributed by atoms with Gasteiger partial charge in [-0.05, 0) is 45.4 Å². The van der Waals surface area contributed by atoms with Crippen LogP contribution in [-0.4, -0.2) is 39.1 Å². The maximum Gasteiger partial charge on any atom is 0.338 e. The Hall–Kier alpha value is -3.00. The third-order valence-corrected chi connectivity index (χ3v) is 5.49. The first kappa shape index (κ1) is 20.7. The Labute approximate surface area is 171 Å². The molecule has 7 nitrogen and oxygen atoms in total. The number of aromatic amines is 1. The molecule has 0 saturated carbocycles. The number of ether oxygens (including phenoxy) is 1. The van der Waals surface area contributed by atoms with Crippen molar-refractivity contribution in [1.29, 1.82) is 0 Å². The largest absolute Gasteiger partial charge is 0.465 e. The van der Waals surface area contributed by atoms with Crippen LogP contribution in [0.4, 0.5) is 0 Å². The molecule has 29 heavy (non-hydrogen) atoms. The monoisotopic (exact) mass is 411 g/mol. The molecule has 0 fully saturated rings. The van der Waals surface area contributed by atoms with Crippen LogP contribution < -0.4 is 5.56 Å². The van der Waals surface area contributed by atoms with Gasteiger partial charge in [-0.1, -0.05) is 29.5 Å². The molecule has 0 amide bonds. The SMILES string of the molecule is COC(=O)c1cc(C)nc2nc(SC(C)C(=O)c3cc(C)ccc3C)[nH]c(=O)c12. The highest BCUT2D eigenvalue weighted by molar-refractivity contribution is 8.00. The predicted octanol–water partition coefficient (Wildman–Crippen LogP) is 3.39. The Kier molecular flexibility index (Phi) is 5.83. The number of Topliss-reactive ketones (excluding diaryl/α,β-unsaturated/α-hetero) is 1. The van der Waals surface area contributed by atoms with Gasteiger partial charge in [-0.3, -0.25) is 9.59 Å². The number of hydrogen-bond donors (Lipinski definition) is 1. The topological polar surface area (TPSA) is 102 Å². The van der Waals surface area contributed by atoms with E-state index in [1.807, 2.05) is 32.0 Å². The molecule has 8 heteroatoms. The molecule has 0 radical (unpaired) electrons. The van der Waals surface area contributed by atoms with Crippen LogP contribution in [0.5, 0.6) is 0 Å². The van der Waals surface area contributed by atoms with Gasteiger partial charge in [0.1, 0.15) is 0 Å². The number of thioether (sulfide) groups is 1. The highest BCUT2D eigenvalue weighted by Gasteiger charge is 2.22. The van der Waals surface area contributed by atoms with Crippen LogP contribution in [0.3, 0.4) is 0 Å². The lowest BCUT2D eigenvalue weighted by atomic mass is 10.0. The van der Waals surface area contributed by atoms with Crippen LogP contribution >= 0.6 is 11.8 Å². The highest BCUT2D eigenvalue weighted by atomic mass is 32.2. The average Bonchev–Trinajstić information content (AvgIpc) is 2.67. The normalized spacial score (nSPS) is 12.0. The Morgan fingerprint density at radius 1 is 1.10 bits per heavy atom. The number of esters is 1. The van der Waals surface area contributed by atoms with Gasteiger partial charge in [0.05, 0.1) is 23.3 Å². The number of carbonyl (C=O) groups is 2. The number of rotatable bonds is 5. The Bertz CT molecular complexity index is 1190. The summed E-state index contributed by atoms with van der Waals surface area (Å²) in [5.41, 5.74) is 2.83. The number of aromatic nitrogens is 3. The molecule has 0 saturated heterocycles. The fourth-order valence-electron chi connectivity index (χ4n) is 3.01. The lowest BCUT2D eigenvalue weighted by Crippen LogP contribution is -2.19. The molecule has 2 heterocycles. The summed E-state index contributed by atoms with van der Waals surface area (Å²) in [6.07, 6.45) is 0. The summed E-state index contributed by atoms with van der Waals surface area (Å²) in [7, 11) is 1.25. The maximum atomic E-state index is 12.9. The van der Waals surface area contributed by atoms with E-state index in [1.165, 1.54) is 13.2 Å². The van der Waals surface area contributed by atoms with Crippen molar-refractivity contribution in [2.24, 2.45) is 0 Å². The number of aryl methyl sites for hydroxylation is 3. The van der Waals surface area contributed by atoms with E-state index < -0.39 is 16.8 Å². The van der Waals surface area contributed by atoms with Gasteiger partial charge >= 0.3 is 5.97 Å². The summed E-state index contributed by atoms with van der Waals surface area (Å²) >= 11 is 1.14. The van der Waals surface area contributed by atoms with Crippen molar-refractivity contribution in [1.82, 2.24) is 15.0 Å². The molecule has 1 atom stereocenters. The standard InChI is InChI=1S/C21H21N3O4S/c1-10-6-7-11(2)14(8-10)17(25)13(4)29-21-23-18-16(19(26)24-21)15(20(27)28-5)9-12(3)22-18/h6-9,13H,1-5H3,(H,22,23,24,26). The van der Waals surface area contributed by atoms with E-state index in [0.29, 0.717) is 11.3 Å². The molecular formula is C21H21N3O4S. The van der Waals surface area contributed by atoms with Gasteiger partial charge in [0, 0.05) is 11.3 Å². The molecule has 0 aliphatic rings. The summed E-state index contributed by atoms with van der Waals surface area (Å²) < 4.78 is 4.75. The molecule has 0 aliphatic carbocycles. The molecule has 0 aliphatic heterocycles. The molecule has 1 aromatic carbocycles. The van der Waals surface area contributed by atoms with Crippen LogP contribution in [0.1, 0.15) is 44.5 Å². The van der Waals surface area contributed by atoms with Crippen LogP contribution in [0, 0.1) is 20.8 Å². The summed E-state index contributed by atoms with van der Waals surface area (Å²) in [5.74, 6) is -0.682. The zero-order valence-corrected chi connectivity index (χ0v) is 17.6. The number of fused-ring (bicyclic) bond motifs is 1. The maximum absolute atomic E-state index is 12.9. The van der Waals surface area contributed by atoms with E-state index in [2.05, 4.69) is 15.0 Å². The lowest BCUT2D eigenvalue weighted by molar-refractivity contribution is 0.0602. The fourth-order valence-corrected chi connectivity index (χ4v) is 3.87. The van der Waals surface area contributed by atoms with Crippen molar-refractivity contribution < 1.29 is 14.3 Å². The summed E-state index contributed by atoms with van der Waals surface area (Å²) in [5, 5.41) is -0.135. The van der Waals surface area contributed by atoms with Gasteiger partial charge in [0.2, 0.25) is 0 Å². The van der Waals surface area contributed by atoms with E-state index in [0.717, 1.165) is 22.9 Å². The third kappa shape index (κ3) is 4.22. The van der Waals surface area contributed by atoms with E-state index in [1.54, 1.807) is 13.8 Å². The summed E-state index contributed by atoms with van der Waals surface area (Å²) in [6, 6.07) is 7.22. The van der Waals surface area contributed by atoms with Crippen molar-refractivity contribution >= 4 is 34.5 Å². The second-order valence-corrected chi connectivity index (χ2v) is 8.14. The van der Waals surface area contributed by atoms with Crippen molar-refractivity contribution in [3.63, 3.8) is 0 Å². The minimum atomic E-state index is -0.633. The van der Waals surface area contributed by atoms with Crippen LogP contribution in [0.2, 0.25) is 0 Å². The zero-order chi connectivity index (χ0) is 21.3. The fraction of sp³-hybridized carbons (Fsp3) is 0.286. The van der Waals surface area contributed by atoms with Gasteiger partial charge in [0.15, 0.2) is 16.6 Å². The molecular weight excluding hydrogens is 390 g/mol. The second kappa shape index (κ2) is 8.16. The molecule has 150 valence electrons. The Balaban J connectivity index is 1.99. The molecule has 3 aromatic rings. The molecule has 3 rings (SSSR count). The van der Waals surface area contributed by atoms with Crippen molar-refractivity contribution in [2.75, 3.05) is 7.11 Å². The first-order chi connectivity index (χ1) is 13.7. The van der Waals surface area contributed by atoms with Crippen LogP contribution in [0.15, 0.2) is 34.2 Å². The number of ketones is 1. The first-order valence-corrected chi connectivity index (χ1v) is 9.87. The van der Waals surface area contributed by atoms with Gasteiger partial charge in [0.25, 0.3) is 5.56 Å². The minimum Gasteiger partial charge on any atom is -0.465 e. The van der Waals surface area contributed by atoms with Crippen molar-refractivity contribution in [3.05, 3.63) is 62.6 Å². The number of carbonyl (C=O) groups excluding carboxylic acids is 2. The Morgan fingerprint density at radius 3 is 2.52 bits per heavy atom. The van der Waals surface area contributed by atoms with Crippen LogP contribution in [0.25, 0.3) is 11.0 Å². The number of H-pyrrole nitrogens is 1. The van der Waals surface area contributed by atoms with Gasteiger partial charge in [-0.15, -0.1) is 0 Å². The number of hydrogen-bond acceptors (Lipinski definition) is 7. The Morgan fingerprint density at radius 2 is 1.83 bits per heavy atom. The third-order valence-electron chi connectivity index (χ3n) is 4.50. The van der Waals surface area contributed by atoms with E-state index in [9.17, 15) is 14.4 Å². The number of pyridine rings is 1. The first-order valence-electron chi connectivity index (χ1n) is 8.99. The molecule has 0 spiro atoms.